The first kappa shape index (κ1) is 19.7. The predicted molar refractivity (Wildman–Crippen MR) is 109 cm³/mol. The highest BCUT2D eigenvalue weighted by molar-refractivity contribution is 5.91. The van der Waals surface area contributed by atoms with E-state index in [-0.39, 0.29) is 34.2 Å². The van der Waals surface area contributed by atoms with Gasteiger partial charge in [-0.25, -0.2) is 18.7 Å². The normalized spacial score (nSPS) is 22.9. The molecule has 2 atom stereocenters. The maximum atomic E-state index is 14.4. The van der Waals surface area contributed by atoms with E-state index in [1.807, 2.05) is 0 Å². The molecule has 0 radical (unpaired) electrons. The van der Waals surface area contributed by atoms with Crippen molar-refractivity contribution in [2.45, 2.75) is 38.0 Å². The molecule has 3 aromatic rings. The highest BCUT2D eigenvalue weighted by Crippen LogP contribution is 2.69. The Bertz CT molecular complexity index is 1210. The third kappa shape index (κ3) is 2.50. The summed E-state index contributed by atoms with van der Waals surface area (Å²) < 4.78 is 28.7. The van der Waals surface area contributed by atoms with Gasteiger partial charge in [0.2, 0.25) is 0 Å². The molecular weight excluding hydrogens is 400 g/mol. The third-order valence-electron chi connectivity index (χ3n) is 7.10. The quantitative estimate of drug-likeness (QED) is 0.696. The summed E-state index contributed by atoms with van der Waals surface area (Å²) in [6, 6.07) is 7.07. The van der Waals surface area contributed by atoms with Crippen molar-refractivity contribution in [3.8, 4) is 11.3 Å². The number of nitrogens with one attached hydrogen (secondary N) is 1. The predicted octanol–water partition coefficient (Wildman–Crippen LogP) is 3.77. The molecule has 1 aromatic carbocycles. The zero-order valence-corrected chi connectivity index (χ0v) is 17.4. The number of halogens is 2. The number of carbonyl (C=O) groups is 1. The topological polar surface area (TPSA) is 80.7 Å². The Morgan fingerprint density at radius 1 is 1.16 bits per heavy atom. The molecule has 1 N–H and O–H groups in total. The zero-order chi connectivity index (χ0) is 22.0. The fraction of sp³-hybridized carbons (Fsp3) is 0.348. The van der Waals surface area contributed by atoms with Crippen molar-refractivity contribution in [2.75, 3.05) is 7.05 Å². The minimum atomic E-state index is -0.673. The van der Waals surface area contributed by atoms with Crippen LogP contribution in [-0.2, 0) is 5.41 Å². The zero-order valence-electron chi connectivity index (χ0n) is 17.4. The molecule has 158 valence electrons. The number of hydrogen-bond acceptors (Lipinski definition) is 5. The summed E-state index contributed by atoms with van der Waals surface area (Å²) in [5.41, 5.74) is 0.987. The molecule has 0 aliphatic heterocycles. The van der Waals surface area contributed by atoms with E-state index < -0.39 is 17.0 Å². The van der Waals surface area contributed by atoms with Crippen molar-refractivity contribution in [3.05, 3.63) is 70.9 Å². The van der Waals surface area contributed by atoms with Crippen molar-refractivity contribution in [3.63, 3.8) is 0 Å². The van der Waals surface area contributed by atoms with Gasteiger partial charge >= 0.3 is 0 Å². The average molecular weight is 421 g/mol. The molecule has 6 nitrogen and oxygen atoms in total. The number of rotatable bonds is 3. The van der Waals surface area contributed by atoms with Gasteiger partial charge in [-0.1, -0.05) is 19.9 Å². The molecule has 2 bridgehead atoms. The summed E-state index contributed by atoms with van der Waals surface area (Å²) in [5.74, 6) is -0.999. The van der Waals surface area contributed by atoms with E-state index in [1.165, 1.54) is 18.2 Å². The molecule has 0 spiro atoms. The minimum absolute atomic E-state index is 0.110. The maximum absolute atomic E-state index is 14.4. The second-order valence-electron chi connectivity index (χ2n) is 8.69. The van der Waals surface area contributed by atoms with Gasteiger partial charge < -0.3 is 5.32 Å². The lowest BCUT2D eigenvalue weighted by molar-refractivity contribution is 0.0956. The third-order valence-corrected chi connectivity index (χ3v) is 7.10. The van der Waals surface area contributed by atoms with Gasteiger partial charge in [-0.3, -0.25) is 4.79 Å². The molecule has 0 unspecified atom stereocenters. The first-order chi connectivity index (χ1) is 14.8. The number of nitrogens with zero attached hydrogens (tertiary/aromatic N) is 4. The lowest BCUT2D eigenvalue weighted by Crippen LogP contribution is -2.39. The second kappa shape index (κ2) is 6.60. The van der Waals surface area contributed by atoms with Crippen LogP contribution in [0.3, 0.4) is 0 Å². The molecule has 8 heteroatoms. The second-order valence-corrected chi connectivity index (χ2v) is 8.69. The van der Waals surface area contributed by atoms with Crippen LogP contribution in [0.4, 0.5) is 8.78 Å². The molecule has 0 saturated heterocycles. The minimum Gasteiger partial charge on any atom is -0.354 e. The number of aromatic nitrogens is 4. The van der Waals surface area contributed by atoms with Gasteiger partial charge in [-0.05, 0) is 54.0 Å². The van der Waals surface area contributed by atoms with Crippen molar-refractivity contribution in [1.82, 2.24) is 25.5 Å². The van der Waals surface area contributed by atoms with Gasteiger partial charge in [-0.15, -0.1) is 5.10 Å². The van der Waals surface area contributed by atoms with E-state index in [9.17, 15) is 13.6 Å². The first-order valence-electron chi connectivity index (χ1n) is 10.2. The lowest BCUT2D eigenvalue weighted by atomic mass is 9.67. The molecule has 5 rings (SSSR count). The molecule has 1 amide bonds. The van der Waals surface area contributed by atoms with E-state index in [4.69, 9.17) is 0 Å². The van der Waals surface area contributed by atoms with Crippen LogP contribution in [0.25, 0.3) is 11.3 Å². The van der Waals surface area contributed by atoms with E-state index in [0.717, 1.165) is 24.1 Å². The van der Waals surface area contributed by atoms with Crippen LogP contribution in [0.5, 0.6) is 0 Å². The molecule has 2 aliphatic carbocycles. The standard InChI is InChI=1S/C23H21F2N5O/c1-22(2)13-7-9-23(22,21-27-10-8-16(28-21)20(31)26-3)19-12(13)11-17(29-30-19)18-14(24)5-4-6-15(18)25/h4-6,8,10-11,13H,7,9H2,1-3H3,(H,26,31)/t13-,23+/m0/s1. The summed E-state index contributed by atoms with van der Waals surface area (Å²) >= 11 is 0. The number of fused-ring (bicyclic) bond motifs is 5. The first-order valence-corrected chi connectivity index (χ1v) is 10.2. The Morgan fingerprint density at radius 2 is 1.90 bits per heavy atom. The van der Waals surface area contributed by atoms with Gasteiger partial charge in [0.15, 0.2) is 0 Å². The van der Waals surface area contributed by atoms with Crippen LogP contribution < -0.4 is 5.32 Å². The fourth-order valence-corrected chi connectivity index (χ4v) is 5.50. The van der Waals surface area contributed by atoms with Crippen LogP contribution in [0, 0.1) is 17.0 Å². The van der Waals surface area contributed by atoms with Crippen molar-refractivity contribution in [1.29, 1.82) is 0 Å². The monoisotopic (exact) mass is 421 g/mol. The van der Waals surface area contributed by atoms with Gasteiger partial charge in [0.25, 0.3) is 5.91 Å². The van der Waals surface area contributed by atoms with Gasteiger partial charge in [0, 0.05) is 13.2 Å². The highest BCUT2D eigenvalue weighted by atomic mass is 19.1. The number of carbonyl (C=O) groups excluding carboxylic acids is 1. The highest BCUT2D eigenvalue weighted by Gasteiger charge is 2.65. The Kier molecular flexibility index (Phi) is 4.19. The van der Waals surface area contributed by atoms with Crippen molar-refractivity contribution in [2.24, 2.45) is 5.41 Å². The maximum Gasteiger partial charge on any atom is 0.269 e. The summed E-state index contributed by atoms with van der Waals surface area (Å²) in [5, 5.41) is 11.3. The van der Waals surface area contributed by atoms with Crippen LogP contribution in [0.1, 0.15) is 60.2 Å². The molecule has 1 fully saturated rings. The molecule has 1 saturated carbocycles. The van der Waals surface area contributed by atoms with Gasteiger partial charge in [-0.2, -0.15) is 5.10 Å². The van der Waals surface area contributed by atoms with E-state index in [1.54, 1.807) is 25.4 Å². The smallest absolute Gasteiger partial charge is 0.269 e. The van der Waals surface area contributed by atoms with Gasteiger partial charge in [0.1, 0.15) is 23.2 Å². The molecule has 2 heterocycles. The Balaban J connectivity index is 1.70. The Hall–Kier alpha value is -3.29. The summed E-state index contributed by atoms with van der Waals surface area (Å²) in [4.78, 5) is 21.3. The lowest BCUT2D eigenvalue weighted by Gasteiger charge is -2.36. The number of amides is 1. The fourth-order valence-electron chi connectivity index (χ4n) is 5.50. The summed E-state index contributed by atoms with van der Waals surface area (Å²) in [7, 11) is 1.55. The number of benzene rings is 1. The molecule has 2 aliphatic rings. The Morgan fingerprint density at radius 3 is 2.61 bits per heavy atom. The summed E-state index contributed by atoms with van der Waals surface area (Å²) in [6.07, 6.45) is 3.20. The van der Waals surface area contributed by atoms with Gasteiger partial charge in [0.05, 0.1) is 22.4 Å². The van der Waals surface area contributed by atoms with Crippen LogP contribution in [0.15, 0.2) is 36.5 Å². The number of hydrogen-bond donors (Lipinski definition) is 1. The van der Waals surface area contributed by atoms with E-state index >= 15 is 0 Å². The Labute approximate surface area is 178 Å². The van der Waals surface area contributed by atoms with E-state index in [2.05, 4.69) is 39.3 Å². The van der Waals surface area contributed by atoms with Crippen molar-refractivity contribution < 1.29 is 13.6 Å². The van der Waals surface area contributed by atoms with Crippen LogP contribution in [0.2, 0.25) is 0 Å². The largest absolute Gasteiger partial charge is 0.354 e. The van der Waals surface area contributed by atoms with E-state index in [0.29, 0.717) is 5.82 Å². The van der Waals surface area contributed by atoms with Crippen LogP contribution >= 0.6 is 0 Å². The molecular formula is C23H21F2N5O. The molecule has 31 heavy (non-hydrogen) atoms. The van der Waals surface area contributed by atoms with Crippen molar-refractivity contribution >= 4 is 5.91 Å². The average Bonchev–Trinajstić information content (AvgIpc) is 3.14. The molecule has 2 aromatic heterocycles. The van der Waals surface area contributed by atoms with Crippen LogP contribution in [-0.4, -0.2) is 33.1 Å². The SMILES string of the molecule is CNC(=O)c1ccnc([C@@]23CC[C@@H](c4cc(-c5c(F)cccc5F)nnc42)C3(C)C)n1. The summed E-state index contributed by atoms with van der Waals surface area (Å²) in [6.45, 7) is 4.26.